The Hall–Kier alpha value is -2.57. The summed E-state index contributed by atoms with van der Waals surface area (Å²) < 4.78 is 0. The molecule has 1 aromatic carbocycles. The van der Waals surface area contributed by atoms with Gasteiger partial charge in [-0.05, 0) is 42.4 Å². The summed E-state index contributed by atoms with van der Waals surface area (Å²) in [7, 11) is 0. The van der Waals surface area contributed by atoms with Crippen LogP contribution in [0.4, 0.5) is 4.79 Å². The Balaban J connectivity index is 1.73. The van der Waals surface area contributed by atoms with Crippen molar-refractivity contribution in [3.63, 3.8) is 0 Å². The Kier molecular flexibility index (Phi) is 5.12. The van der Waals surface area contributed by atoms with Crippen LogP contribution >= 0.6 is 0 Å². The Bertz CT molecular complexity index is 784. The fourth-order valence-corrected chi connectivity index (χ4v) is 4.65. The number of benzene rings is 1. The Morgan fingerprint density at radius 2 is 1.64 bits per heavy atom. The van der Waals surface area contributed by atoms with Crippen molar-refractivity contribution in [1.29, 1.82) is 0 Å². The zero-order valence-electron chi connectivity index (χ0n) is 16.9. The monoisotopic (exact) mass is 387 g/mol. The molecule has 2 aliphatic rings. The summed E-state index contributed by atoms with van der Waals surface area (Å²) in [6, 6.07) is 6.68. The smallest absolute Gasteiger partial charge is 0.407 e. The summed E-state index contributed by atoms with van der Waals surface area (Å²) in [6.45, 7) is 8.73. The second-order valence-electron chi connectivity index (χ2n) is 8.99. The van der Waals surface area contributed by atoms with Crippen molar-refractivity contribution in [3.8, 4) is 0 Å². The van der Waals surface area contributed by atoms with Crippen LogP contribution in [-0.2, 0) is 4.79 Å². The predicted molar refractivity (Wildman–Crippen MR) is 105 cm³/mol. The molecular formula is C21H29N3O4. The fraction of sp³-hybridized carbons (Fsp3) is 0.571. The average Bonchev–Trinajstić information content (AvgIpc) is 3.40. The third-order valence-electron chi connectivity index (χ3n) is 6.01. The number of nitrogens with zero attached hydrogens (tertiary/aromatic N) is 2. The molecule has 7 nitrogen and oxygen atoms in total. The largest absolute Gasteiger partial charge is 0.465 e. The molecule has 1 saturated carbocycles. The van der Waals surface area contributed by atoms with E-state index in [1.54, 1.807) is 12.1 Å². The number of hydrogen-bond acceptors (Lipinski definition) is 3. The van der Waals surface area contributed by atoms with E-state index in [2.05, 4.69) is 0 Å². The summed E-state index contributed by atoms with van der Waals surface area (Å²) in [6.07, 6.45) is -0.154. The van der Waals surface area contributed by atoms with Crippen molar-refractivity contribution >= 4 is 17.9 Å². The first-order chi connectivity index (χ1) is 13.0. The standard InChI is InChI=1S/C21H29N3O4/c1-12-17(21(2,3)4)24(20(27)28)10-9-23(12)19(26)16-11-15(16)13-5-7-14(8-6-13)18(22)25/h5-8,12,15-17H,9-11H2,1-4H3,(H2,22,25)(H,27,28). The van der Waals surface area contributed by atoms with Crippen molar-refractivity contribution in [1.82, 2.24) is 9.80 Å². The molecule has 152 valence electrons. The van der Waals surface area contributed by atoms with Crippen molar-refractivity contribution in [2.45, 2.75) is 52.1 Å². The molecule has 2 fully saturated rings. The fourth-order valence-electron chi connectivity index (χ4n) is 4.65. The number of rotatable bonds is 3. The molecule has 1 aromatic rings. The topological polar surface area (TPSA) is 104 Å². The highest BCUT2D eigenvalue weighted by Crippen LogP contribution is 2.49. The van der Waals surface area contributed by atoms with E-state index in [0.29, 0.717) is 18.7 Å². The minimum Gasteiger partial charge on any atom is -0.465 e. The number of carbonyl (C=O) groups excluding carboxylic acids is 2. The number of nitrogens with two attached hydrogens (primary N) is 1. The highest BCUT2D eigenvalue weighted by molar-refractivity contribution is 5.92. The van der Waals surface area contributed by atoms with E-state index in [9.17, 15) is 19.5 Å². The van der Waals surface area contributed by atoms with Crippen molar-refractivity contribution in [2.24, 2.45) is 17.1 Å². The molecule has 3 N–H and O–H groups in total. The molecule has 1 heterocycles. The van der Waals surface area contributed by atoms with E-state index in [-0.39, 0.29) is 35.2 Å². The maximum Gasteiger partial charge on any atom is 0.407 e. The first-order valence-corrected chi connectivity index (χ1v) is 9.72. The van der Waals surface area contributed by atoms with Gasteiger partial charge in [0.15, 0.2) is 0 Å². The molecule has 1 aliphatic heterocycles. The Labute approximate surface area is 165 Å². The van der Waals surface area contributed by atoms with Crippen LogP contribution in [0.2, 0.25) is 0 Å². The van der Waals surface area contributed by atoms with E-state index < -0.39 is 12.0 Å². The summed E-state index contributed by atoms with van der Waals surface area (Å²) in [5.74, 6) is -0.310. The molecule has 3 amide bonds. The maximum atomic E-state index is 13.2. The summed E-state index contributed by atoms with van der Waals surface area (Å²) >= 11 is 0. The number of hydrogen-bond donors (Lipinski definition) is 2. The SMILES string of the molecule is CC1C(C(C)(C)C)N(C(=O)O)CCN1C(=O)C1CC1c1ccc(C(N)=O)cc1. The zero-order chi connectivity index (χ0) is 20.8. The molecule has 4 unspecified atom stereocenters. The first kappa shape index (κ1) is 20.2. The van der Waals surface area contributed by atoms with Gasteiger partial charge in [-0.1, -0.05) is 32.9 Å². The number of amides is 3. The highest BCUT2D eigenvalue weighted by atomic mass is 16.4. The first-order valence-electron chi connectivity index (χ1n) is 9.72. The zero-order valence-corrected chi connectivity index (χ0v) is 16.9. The highest BCUT2D eigenvalue weighted by Gasteiger charge is 2.50. The quantitative estimate of drug-likeness (QED) is 0.831. The van der Waals surface area contributed by atoms with Gasteiger partial charge in [0.2, 0.25) is 11.8 Å². The summed E-state index contributed by atoms with van der Waals surface area (Å²) in [4.78, 5) is 39.4. The second-order valence-corrected chi connectivity index (χ2v) is 8.99. The molecule has 0 aromatic heterocycles. The molecule has 0 bridgehead atoms. The molecular weight excluding hydrogens is 358 g/mol. The van der Waals surface area contributed by atoms with Crippen molar-refractivity contribution < 1.29 is 19.5 Å². The molecule has 4 atom stereocenters. The maximum absolute atomic E-state index is 13.2. The van der Waals surface area contributed by atoms with Crippen LogP contribution in [0.15, 0.2) is 24.3 Å². The van der Waals surface area contributed by atoms with E-state index in [1.807, 2.05) is 44.7 Å². The lowest BCUT2D eigenvalue weighted by Crippen LogP contribution is -2.65. The van der Waals surface area contributed by atoms with Crippen LogP contribution in [0.3, 0.4) is 0 Å². The molecule has 0 spiro atoms. The van der Waals surface area contributed by atoms with Gasteiger partial charge >= 0.3 is 6.09 Å². The molecule has 1 aliphatic carbocycles. The van der Waals surface area contributed by atoms with Crippen LogP contribution in [-0.4, -0.2) is 58.0 Å². The van der Waals surface area contributed by atoms with Crippen molar-refractivity contribution in [3.05, 3.63) is 35.4 Å². The second kappa shape index (κ2) is 7.11. The van der Waals surface area contributed by atoms with Crippen LogP contribution in [0.25, 0.3) is 0 Å². The van der Waals surface area contributed by atoms with Crippen LogP contribution in [0, 0.1) is 11.3 Å². The van der Waals surface area contributed by atoms with Gasteiger partial charge in [0, 0.05) is 24.6 Å². The number of carboxylic acid groups (broad SMARTS) is 1. The predicted octanol–water partition coefficient (Wildman–Crippen LogP) is 2.51. The van der Waals surface area contributed by atoms with Gasteiger partial charge in [-0.25, -0.2) is 4.79 Å². The molecule has 28 heavy (non-hydrogen) atoms. The van der Waals surface area contributed by atoms with Crippen LogP contribution < -0.4 is 5.73 Å². The normalized spacial score (nSPS) is 27.4. The minimum absolute atomic E-state index is 0.0844. The lowest BCUT2D eigenvalue weighted by Gasteiger charge is -2.50. The van der Waals surface area contributed by atoms with Gasteiger partial charge in [0.1, 0.15) is 0 Å². The van der Waals surface area contributed by atoms with E-state index >= 15 is 0 Å². The third-order valence-corrected chi connectivity index (χ3v) is 6.01. The van der Waals surface area contributed by atoms with Crippen LogP contribution in [0.1, 0.15) is 56.0 Å². The molecule has 7 heteroatoms. The molecule has 1 saturated heterocycles. The van der Waals surface area contributed by atoms with Gasteiger partial charge < -0.3 is 20.6 Å². The van der Waals surface area contributed by atoms with E-state index in [0.717, 1.165) is 12.0 Å². The van der Waals surface area contributed by atoms with Gasteiger partial charge in [0.05, 0.1) is 12.1 Å². The lowest BCUT2D eigenvalue weighted by molar-refractivity contribution is -0.140. The van der Waals surface area contributed by atoms with Gasteiger partial charge in [-0.15, -0.1) is 0 Å². The Morgan fingerprint density at radius 3 is 2.14 bits per heavy atom. The lowest BCUT2D eigenvalue weighted by atomic mass is 9.80. The number of piperazine rings is 1. The average molecular weight is 387 g/mol. The third kappa shape index (κ3) is 3.70. The van der Waals surface area contributed by atoms with Gasteiger partial charge in [-0.2, -0.15) is 0 Å². The summed E-state index contributed by atoms with van der Waals surface area (Å²) in [5.41, 5.74) is 6.50. The van der Waals surface area contributed by atoms with E-state index in [1.165, 1.54) is 4.90 Å². The van der Waals surface area contributed by atoms with Gasteiger partial charge in [-0.3, -0.25) is 9.59 Å². The molecule has 3 rings (SSSR count). The van der Waals surface area contributed by atoms with Gasteiger partial charge in [0.25, 0.3) is 0 Å². The van der Waals surface area contributed by atoms with E-state index in [4.69, 9.17) is 5.73 Å². The Morgan fingerprint density at radius 1 is 1.07 bits per heavy atom. The van der Waals surface area contributed by atoms with Crippen molar-refractivity contribution in [2.75, 3.05) is 13.1 Å². The number of primary amides is 1. The number of carbonyl (C=O) groups is 3. The molecule has 0 radical (unpaired) electrons. The summed E-state index contributed by atoms with van der Waals surface area (Å²) in [5, 5.41) is 9.58. The van der Waals surface area contributed by atoms with Crippen LogP contribution in [0.5, 0.6) is 0 Å². The minimum atomic E-state index is -0.933.